The van der Waals surface area contributed by atoms with Crippen molar-refractivity contribution in [3.05, 3.63) is 69.1 Å². The predicted octanol–water partition coefficient (Wildman–Crippen LogP) is 9.53. The first-order valence-corrected chi connectivity index (χ1v) is 17.7. The van der Waals surface area contributed by atoms with E-state index in [2.05, 4.69) is 101 Å². The highest BCUT2D eigenvalue weighted by atomic mass is 79.9. The van der Waals surface area contributed by atoms with Crippen molar-refractivity contribution in [3.63, 3.8) is 0 Å². The minimum atomic E-state index is -1.75. The highest BCUT2D eigenvalue weighted by molar-refractivity contribution is 9.11. The van der Waals surface area contributed by atoms with E-state index >= 15 is 0 Å². The Morgan fingerprint density at radius 3 is 1.90 bits per heavy atom. The van der Waals surface area contributed by atoms with Gasteiger partial charge in [-0.05, 0) is 102 Å². The van der Waals surface area contributed by atoms with Gasteiger partial charge in [0.2, 0.25) is 0 Å². The fourth-order valence-corrected chi connectivity index (χ4v) is 8.88. The standard InChI is InChI=1S/C31H36Br2O5Si/c1-20(2)17-39(5,6)38-16-21-11-12-25-23(13-21)15-27(33)31(37-19-35-4)29(25)28-24-10-8-7-9-22(24)14-26(32)30(28)36-18-34-3/h7-15,20H,16-19H2,1-6H3. The van der Waals surface area contributed by atoms with Crippen molar-refractivity contribution < 1.29 is 23.4 Å². The van der Waals surface area contributed by atoms with Crippen LogP contribution in [0.15, 0.2) is 63.5 Å². The molecule has 0 saturated heterocycles. The molecule has 0 fully saturated rings. The summed E-state index contributed by atoms with van der Waals surface area (Å²) in [5.41, 5.74) is 2.98. The average molecular weight is 677 g/mol. The Kier molecular flexibility index (Phi) is 10.1. The van der Waals surface area contributed by atoms with Crippen molar-refractivity contribution in [1.29, 1.82) is 0 Å². The summed E-state index contributed by atoms with van der Waals surface area (Å²) in [6, 6.07) is 20.1. The maximum atomic E-state index is 6.48. The van der Waals surface area contributed by atoms with Crippen molar-refractivity contribution in [2.24, 2.45) is 5.92 Å². The van der Waals surface area contributed by atoms with Crippen LogP contribution in [0.2, 0.25) is 19.1 Å². The highest BCUT2D eigenvalue weighted by Crippen LogP contribution is 2.50. The summed E-state index contributed by atoms with van der Waals surface area (Å²) in [6.45, 7) is 9.92. The molecule has 208 valence electrons. The topological polar surface area (TPSA) is 46.2 Å². The van der Waals surface area contributed by atoms with Crippen molar-refractivity contribution in [1.82, 2.24) is 0 Å². The lowest BCUT2D eigenvalue weighted by atomic mass is 9.91. The number of fused-ring (bicyclic) bond motifs is 2. The predicted molar refractivity (Wildman–Crippen MR) is 169 cm³/mol. The minimum Gasteiger partial charge on any atom is -0.466 e. The lowest BCUT2D eigenvalue weighted by Crippen LogP contribution is -2.31. The zero-order valence-corrected chi connectivity index (χ0v) is 27.6. The van der Waals surface area contributed by atoms with E-state index in [1.54, 1.807) is 14.2 Å². The number of methoxy groups -OCH3 is 2. The number of ether oxygens (including phenoxy) is 4. The van der Waals surface area contributed by atoms with Crippen molar-refractivity contribution in [2.75, 3.05) is 27.8 Å². The van der Waals surface area contributed by atoms with E-state index in [1.807, 2.05) is 12.1 Å². The summed E-state index contributed by atoms with van der Waals surface area (Å²) in [4.78, 5) is 0. The quantitative estimate of drug-likeness (QED) is 0.111. The van der Waals surface area contributed by atoms with Crippen LogP contribution in [0.5, 0.6) is 11.5 Å². The van der Waals surface area contributed by atoms with Gasteiger partial charge in [-0.2, -0.15) is 0 Å². The molecule has 0 atom stereocenters. The third kappa shape index (κ3) is 7.04. The molecule has 0 aliphatic carbocycles. The molecule has 0 amide bonds. The van der Waals surface area contributed by atoms with Gasteiger partial charge in [0.15, 0.2) is 21.9 Å². The Bertz CT molecular complexity index is 1450. The first-order valence-electron chi connectivity index (χ1n) is 13.0. The molecule has 4 aromatic rings. The summed E-state index contributed by atoms with van der Waals surface area (Å²) in [6.07, 6.45) is 0. The molecule has 0 heterocycles. The van der Waals surface area contributed by atoms with Crippen LogP contribution in [-0.2, 0) is 20.5 Å². The fraction of sp³-hybridized carbons (Fsp3) is 0.355. The number of halogens is 2. The number of hydrogen-bond donors (Lipinski definition) is 0. The van der Waals surface area contributed by atoms with Gasteiger partial charge in [0.05, 0.1) is 15.6 Å². The van der Waals surface area contributed by atoms with Gasteiger partial charge in [-0.1, -0.05) is 50.2 Å². The lowest BCUT2D eigenvalue weighted by molar-refractivity contribution is 0.0496. The smallest absolute Gasteiger partial charge is 0.188 e. The zero-order chi connectivity index (χ0) is 28.2. The second-order valence-electron chi connectivity index (χ2n) is 10.6. The third-order valence-corrected chi connectivity index (χ3v) is 10.4. The molecule has 4 rings (SSSR count). The van der Waals surface area contributed by atoms with Gasteiger partial charge in [0.25, 0.3) is 0 Å². The van der Waals surface area contributed by atoms with Gasteiger partial charge >= 0.3 is 0 Å². The summed E-state index contributed by atoms with van der Waals surface area (Å²) in [5.74, 6) is 2.00. The molecule has 5 nitrogen and oxygen atoms in total. The Hall–Kier alpha value is -1.94. The largest absolute Gasteiger partial charge is 0.466 e. The van der Waals surface area contributed by atoms with E-state index in [0.717, 1.165) is 53.2 Å². The van der Waals surface area contributed by atoms with Gasteiger partial charge < -0.3 is 23.4 Å². The van der Waals surface area contributed by atoms with Gasteiger partial charge in [-0.25, -0.2) is 0 Å². The van der Waals surface area contributed by atoms with Crippen LogP contribution in [0, 0.1) is 5.92 Å². The monoisotopic (exact) mass is 674 g/mol. The Balaban J connectivity index is 1.94. The van der Waals surface area contributed by atoms with Gasteiger partial charge in [0.1, 0.15) is 11.5 Å². The molecular weight excluding hydrogens is 640 g/mol. The molecule has 0 bridgehead atoms. The van der Waals surface area contributed by atoms with E-state index in [4.69, 9.17) is 23.4 Å². The van der Waals surface area contributed by atoms with Crippen LogP contribution in [0.4, 0.5) is 0 Å². The molecule has 0 radical (unpaired) electrons. The fourth-order valence-electron chi connectivity index (χ4n) is 5.12. The van der Waals surface area contributed by atoms with E-state index in [1.165, 1.54) is 0 Å². The molecular formula is C31H36Br2O5Si. The van der Waals surface area contributed by atoms with Crippen LogP contribution in [0.3, 0.4) is 0 Å². The second-order valence-corrected chi connectivity index (χ2v) is 16.6. The second kappa shape index (κ2) is 13.1. The Morgan fingerprint density at radius 1 is 0.744 bits per heavy atom. The average Bonchev–Trinajstić information content (AvgIpc) is 2.88. The summed E-state index contributed by atoms with van der Waals surface area (Å²) < 4.78 is 31.1. The number of rotatable bonds is 12. The normalized spacial score (nSPS) is 12.0. The van der Waals surface area contributed by atoms with Crippen LogP contribution >= 0.6 is 31.9 Å². The van der Waals surface area contributed by atoms with Gasteiger partial charge in [-0.3, -0.25) is 0 Å². The van der Waals surface area contributed by atoms with E-state index in [0.29, 0.717) is 24.0 Å². The van der Waals surface area contributed by atoms with Gasteiger partial charge in [0, 0.05) is 25.3 Å². The molecule has 0 saturated carbocycles. The molecule has 0 unspecified atom stereocenters. The molecule has 8 heteroatoms. The zero-order valence-electron chi connectivity index (χ0n) is 23.4. The van der Waals surface area contributed by atoms with E-state index < -0.39 is 8.32 Å². The molecule has 39 heavy (non-hydrogen) atoms. The number of benzene rings is 4. The van der Waals surface area contributed by atoms with Crippen molar-refractivity contribution in [2.45, 2.75) is 39.6 Å². The van der Waals surface area contributed by atoms with Crippen molar-refractivity contribution in [3.8, 4) is 22.6 Å². The molecule has 0 spiro atoms. The molecule has 0 aliphatic heterocycles. The van der Waals surface area contributed by atoms with E-state index in [9.17, 15) is 0 Å². The molecule has 0 N–H and O–H groups in total. The van der Waals surface area contributed by atoms with Crippen LogP contribution < -0.4 is 9.47 Å². The first-order chi connectivity index (χ1) is 18.6. The molecule has 0 aromatic heterocycles. The Morgan fingerprint density at radius 2 is 1.31 bits per heavy atom. The van der Waals surface area contributed by atoms with Crippen LogP contribution in [0.25, 0.3) is 32.7 Å². The highest BCUT2D eigenvalue weighted by Gasteiger charge is 2.25. The maximum absolute atomic E-state index is 6.48. The van der Waals surface area contributed by atoms with Crippen molar-refractivity contribution >= 4 is 61.7 Å². The lowest BCUT2D eigenvalue weighted by Gasteiger charge is -2.25. The first kappa shape index (κ1) is 30.0. The minimum absolute atomic E-state index is 0.110. The summed E-state index contributed by atoms with van der Waals surface area (Å²) in [5, 5.41) is 4.24. The third-order valence-electron chi connectivity index (χ3n) is 6.49. The van der Waals surface area contributed by atoms with E-state index in [-0.39, 0.29) is 13.6 Å². The van der Waals surface area contributed by atoms with Crippen LogP contribution in [-0.4, -0.2) is 36.1 Å². The molecule has 0 aliphatic rings. The number of hydrogen-bond acceptors (Lipinski definition) is 5. The van der Waals surface area contributed by atoms with Gasteiger partial charge in [-0.15, -0.1) is 0 Å². The summed E-state index contributed by atoms with van der Waals surface area (Å²) in [7, 11) is 1.48. The van der Waals surface area contributed by atoms with Crippen LogP contribution in [0.1, 0.15) is 19.4 Å². The summed E-state index contributed by atoms with van der Waals surface area (Å²) >= 11 is 7.55. The maximum Gasteiger partial charge on any atom is 0.188 e. The molecule has 4 aromatic carbocycles. The SMILES string of the molecule is COCOc1c(Br)cc2ccccc2c1-c1c(OCOC)c(Br)cc2cc(CO[Si](C)(C)CC(C)C)ccc12. The Labute approximate surface area is 249 Å².